The van der Waals surface area contributed by atoms with Crippen molar-refractivity contribution in [1.82, 2.24) is 4.98 Å². The van der Waals surface area contributed by atoms with E-state index in [0.717, 1.165) is 52.0 Å². The zero-order valence-corrected chi connectivity index (χ0v) is 15.8. The molecule has 1 amide bonds. The highest BCUT2D eigenvalue weighted by Gasteiger charge is 2.29. The minimum absolute atomic E-state index is 0.280. The number of fused-ring (bicyclic) bond motifs is 2. The highest BCUT2D eigenvalue weighted by atomic mass is 32.1. The van der Waals surface area contributed by atoms with Crippen molar-refractivity contribution < 1.29 is 4.79 Å². The topological polar surface area (TPSA) is 106 Å². The fourth-order valence-corrected chi connectivity index (χ4v) is 5.62. The molecule has 0 saturated carbocycles. The van der Waals surface area contributed by atoms with Crippen LogP contribution in [-0.2, 0) is 6.42 Å². The van der Waals surface area contributed by atoms with Crippen LogP contribution in [0.1, 0.15) is 52.5 Å². The monoisotopic (exact) mass is 382 g/mol. The van der Waals surface area contributed by atoms with E-state index in [9.17, 15) is 4.79 Å². The molecule has 4 N–H and O–H groups in total. The molecule has 0 fully saturated rings. The van der Waals surface area contributed by atoms with E-state index >= 15 is 0 Å². The van der Waals surface area contributed by atoms with Gasteiger partial charge in [-0.3, -0.25) is 4.79 Å². The van der Waals surface area contributed by atoms with Gasteiger partial charge in [-0.2, -0.15) is 5.26 Å². The predicted octanol–water partition coefficient (Wildman–Crippen LogP) is 4.43. The Labute approximate surface area is 159 Å². The molecule has 0 spiro atoms. The lowest BCUT2D eigenvalue weighted by Crippen LogP contribution is -2.13. The number of nitriles is 1. The number of pyridine rings is 1. The highest BCUT2D eigenvalue weighted by Crippen LogP contribution is 2.47. The van der Waals surface area contributed by atoms with E-state index in [1.165, 1.54) is 16.9 Å². The SMILES string of the molecule is N#CCCC1CCCc2c1nc1sc(C(N)=O)c(N)c1c2-c1cccs1. The summed E-state index contributed by atoms with van der Waals surface area (Å²) in [6.07, 6.45) is 4.39. The fraction of sp³-hybridized carbons (Fsp3) is 0.316. The van der Waals surface area contributed by atoms with Crippen LogP contribution in [0.15, 0.2) is 17.5 Å². The molecule has 1 aliphatic carbocycles. The van der Waals surface area contributed by atoms with Gasteiger partial charge in [0, 0.05) is 33.9 Å². The van der Waals surface area contributed by atoms with Gasteiger partial charge in [0.2, 0.25) is 0 Å². The van der Waals surface area contributed by atoms with E-state index in [4.69, 9.17) is 21.7 Å². The van der Waals surface area contributed by atoms with Crippen LogP contribution in [-0.4, -0.2) is 10.9 Å². The summed E-state index contributed by atoms with van der Waals surface area (Å²) in [4.78, 5) is 19.0. The number of nitrogen functional groups attached to an aromatic ring is 1. The molecule has 0 saturated heterocycles. The lowest BCUT2D eigenvalue weighted by Gasteiger charge is -2.26. The van der Waals surface area contributed by atoms with Crippen molar-refractivity contribution in [2.75, 3.05) is 5.73 Å². The van der Waals surface area contributed by atoms with Gasteiger partial charge < -0.3 is 11.5 Å². The molecule has 3 aromatic rings. The number of carbonyl (C=O) groups is 1. The van der Waals surface area contributed by atoms with Crippen molar-refractivity contribution in [3.05, 3.63) is 33.6 Å². The number of carbonyl (C=O) groups excluding carboxylic acids is 1. The largest absolute Gasteiger partial charge is 0.397 e. The first kappa shape index (κ1) is 17.0. The first-order valence-electron chi connectivity index (χ1n) is 8.57. The fourth-order valence-electron chi connectivity index (χ4n) is 3.86. The van der Waals surface area contributed by atoms with Crippen LogP contribution >= 0.6 is 22.7 Å². The van der Waals surface area contributed by atoms with E-state index in [-0.39, 0.29) is 5.92 Å². The molecule has 0 bridgehead atoms. The van der Waals surface area contributed by atoms with E-state index in [1.807, 2.05) is 11.4 Å². The third kappa shape index (κ3) is 2.66. The van der Waals surface area contributed by atoms with Crippen molar-refractivity contribution >= 4 is 44.5 Å². The van der Waals surface area contributed by atoms with Crippen LogP contribution in [0.25, 0.3) is 20.7 Å². The standard InChI is InChI=1S/C19H18N4OS2/c20-8-2-5-10-4-1-6-11-13(12-7-3-9-25-12)14-15(21)17(18(22)24)26-19(14)23-16(10)11/h3,7,9-10H,1-2,4-6,21H2,(H2,22,24). The summed E-state index contributed by atoms with van der Waals surface area (Å²) in [5, 5.41) is 11.9. The second-order valence-electron chi connectivity index (χ2n) is 6.50. The van der Waals surface area contributed by atoms with Crippen molar-refractivity contribution in [3.63, 3.8) is 0 Å². The van der Waals surface area contributed by atoms with Gasteiger partial charge in [0.25, 0.3) is 5.91 Å². The van der Waals surface area contributed by atoms with Crippen molar-refractivity contribution in [2.45, 2.75) is 38.0 Å². The molecule has 1 aliphatic rings. The second-order valence-corrected chi connectivity index (χ2v) is 8.45. The number of hydrogen-bond acceptors (Lipinski definition) is 6. The third-order valence-electron chi connectivity index (χ3n) is 4.97. The second kappa shape index (κ2) is 6.71. The Balaban J connectivity index is 2.03. The maximum Gasteiger partial charge on any atom is 0.260 e. The molecule has 5 nitrogen and oxygen atoms in total. The molecule has 26 heavy (non-hydrogen) atoms. The Hall–Kier alpha value is -2.43. The zero-order chi connectivity index (χ0) is 18.3. The molecule has 0 aliphatic heterocycles. The minimum atomic E-state index is -0.512. The van der Waals surface area contributed by atoms with E-state index in [0.29, 0.717) is 17.0 Å². The average molecular weight is 383 g/mol. The van der Waals surface area contributed by atoms with Crippen LogP contribution < -0.4 is 11.5 Å². The molecule has 1 atom stereocenters. The number of nitrogens with zero attached hydrogens (tertiary/aromatic N) is 2. The lowest BCUT2D eigenvalue weighted by atomic mass is 9.81. The van der Waals surface area contributed by atoms with Crippen molar-refractivity contribution in [2.24, 2.45) is 5.73 Å². The number of primary amides is 1. The zero-order valence-electron chi connectivity index (χ0n) is 14.1. The summed E-state index contributed by atoms with van der Waals surface area (Å²) in [6.45, 7) is 0. The number of amides is 1. The molecular formula is C19H18N4OS2. The molecule has 0 radical (unpaired) electrons. The summed E-state index contributed by atoms with van der Waals surface area (Å²) in [6, 6.07) is 6.35. The van der Waals surface area contributed by atoms with Crippen LogP contribution in [0.5, 0.6) is 0 Å². The third-order valence-corrected chi connectivity index (χ3v) is 6.97. The van der Waals surface area contributed by atoms with Gasteiger partial charge in [0.15, 0.2) is 0 Å². The Kier molecular flexibility index (Phi) is 4.39. The molecule has 4 rings (SSSR count). The lowest BCUT2D eigenvalue weighted by molar-refractivity contribution is 0.100. The Morgan fingerprint density at radius 1 is 1.46 bits per heavy atom. The van der Waals surface area contributed by atoms with Gasteiger partial charge in [-0.15, -0.1) is 22.7 Å². The van der Waals surface area contributed by atoms with E-state index < -0.39 is 5.91 Å². The number of hydrogen-bond donors (Lipinski definition) is 2. The maximum absolute atomic E-state index is 11.8. The minimum Gasteiger partial charge on any atom is -0.397 e. The number of thiophene rings is 2. The number of nitrogens with two attached hydrogens (primary N) is 2. The molecule has 132 valence electrons. The first-order valence-corrected chi connectivity index (χ1v) is 10.3. The van der Waals surface area contributed by atoms with E-state index in [1.54, 1.807) is 11.3 Å². The average Bonchev–Trinajstić information content (AvgIpc) is 3.27. The predicted molar refractivity (Wildman–Crippen MR) is 106 cm³/mol. The van der Waals surface area contributed by atoms with Crippen LogP contribution in [0.4, 0.5) is 5.69 Å². The maximum atomic E-state index is 11.8. The summed E-state index contributed by atoms with van der Waals surface area (Å²) in [5.74, 6) is -0.233. The Bertz CT molecular complexity index is 1030. The van der Waals surface area contributed by atoms with Gasteiger partial charge in [-0.25, -0.2) is 4.98 Å². The summed E-state index contributed by atoms with van der Waals surface area (Å²) in [5.41, 5.74) is 15.7. The molecule has 3 heterocycles. The van der Waals surface area contributed by atoms with Crippen molar-refractivity contribution in [1.29, 1.82) is 5.26 Å². The first-order chi connectivity index (χ1) is 12.6. The number of anilines is 1. The molecule has 3 aromatic heterocycles. The van der Waals surface area contributed by atoms with Crippen molar-refractivity contribution in [3.8, 4) is 16.5 Å². The summed E-state index contributed by atoms with van der Waals surface area (Å²) in [7, 11) is 0. The van der Waals surface area contributed by atoms with Crippen LogP contribution in [0, 0.1) is 11.3 Å². The van der Waals surface area contributed by atoms with Crippen LogP contribution in [0.3, 0.4) is 0 Å². The van der Waals surface area contributed by atoms with Crippen LogP contribution in [0.2, 0.25) is 0 Å². The summed E-state index contributed by atoms with van der Waals surface area (Å²) >= 11 is 2.93. The molecule has 7 heteroatoms. The Morgan fingerprint density at radius 2 is 2.31 bits per heavy atom. The van der Waals surface area contributed by atoms with Gasteiger partial charge >= 0.3 is 0 Å². The smallest absolute Gasteiger partial charge is 0.260 e. The molecule has 0 aromatic carbocycles. The molecule has 1 unspecified atom stereocenters. The van der Waals surface area contributed by atoms with Gasteiger partial charge in [0.1, 0.15) is 9.71 Å². The number of aromatic nitrogens is 1. The number of rotatable bonds is 4. The van der Waals surface area contributed by atoms with Gasteiger partial charge in [-0.05, 0) is 42.7 Å². The Morgan fingerprint density at radius 3 is 3.00 bits per heavy atom. The quantitative estimate of drug-likeness (QED) is 0.696. The summed E-state index contributed by atoms with van der Waals surface area (Å²) < 4.78 is 0. The van der Waals surface area contributed by atoms with Gasteiger partial charge in [-0.1, -0.05) is 6.07 Å². The normalized spacial score (nSPS) is 16.3. The highest BCUT2D eigenvalue weighted by molar-refractivity contribution is 7.21. The van der Waals surface area contributed by atoms with E-state index in [2.05, 4.69) is 12.1 Å². The van der Waals surface area contributed by atoms with Gasteiger partial charge in [0.05, 0.1) is 11.8 Å². The molecular weight excluding hydrogens is 364 g/mol.